The normalized spacial score (nSPS) is 12.4. The molecule has 0 aliphatic heterocycles. The minimum absolute atomic E-state index is 0.00498. The lowest BCUT2D eigenvalue weighted by Gasteiger charge is -2.13. The Bertz CT molecular complexity index is 1050. The number of aromatic amines is 1. The summed E-state index contributed by atoms with van der Waals surface area (Å²) in [4.78, 5) is 39.1. The molecule has 0 aliphatic rings. The molecule has 3 rings (SSSR count). The van der Waals surface area contributed by atoms with Crippen molar-refractivity contribution in [3.8, 4) is 17.4 Å². The lowest BCUT2D eigenvalue weighted by atomic mass is 9.94. The lowest BCUT2D eigenvalue weighted by molar-refractivity contribution is -0.274. The Kier molecular flexibility index (Phi) is 5.71. The molecule has 0 amide bonds. The van der Waals surface area contributed by atoms with Gasteiger partial charge in [-0.25, -0.2) is 15.0 Å². The first-order valence-electron chi connectivity index (χ1n) is 8.49. The third-order valence-corrected chi connectivity index (χ3v) is 3.98. The molecule has 0 radical (unpaired) electrons. The standard InChI is InChI=1S/C19H15F3N4O3/c1-11(12-3-5-13(6-4-12)29-19(20,21)22)9-15(27)14-10-16(28)26-18(25-14)17-23-7-2-8-24-17/h2-8,10-11H,9H2,1H3,(H,25,26,28)/t11-/m0/s1. The SMILES string of the molecule is C[C@@H](CC(=O)c1cc(=O)[nH]c(-c2ncccn2)n1)c1ccc(OC(F)(F)F)cc1. The lowest BCUT2D eigenvalue weighted by Crippen LogP contribution is -2.17. The maximum absolute atomic E-state index is 12.6. The van der Waals surface area contributed by atoms with E-state index in [1.165, 1.54) is 36.7 Å². The number of hydrogen-bond acceptors (Lipinski definition) is 6. The molecular weight excluding hydrogens is 389 g/mol. The molecule has 0 aliphatic carbocycles. The molecule has 7 nitrogen and oxygen atoms in total. The summed E-state index contributed by atoms with van der Waals surface area (Å²) in [7, 11) is 0. The van der Waals surface area contributed by atoms with Crippen LogP contribution in [0.5, 0.6) is 5.75 Å². The maximum Gasteiger partial charge on any atom is 0.573 e. The zero-order chi connectivity index (χ0) is 21.0. The Morgan fingerprint density at radius 1 is 1.17 bits per heavy atom. The van der Waals surface area contributed by atoms with Gasteiger partial charge in [0.1, 0.15) is 11.4 Å². The molecule has 10 heteroatoms. The second-order valence-corrected chi connectivity index (χ2v) is 6.20. The number of H-pyrrole nitrogens is 1. The molecule has 0 saturated heterocycles. The number of alkyl halides is 3. The van der Waals surface area contributed by atoms with E-state index in [9.17, 15) is 22.8 Å². The summed E-state index contributed by atoms with van der Waals surface area (Å²) in [5, 5.41) is 0. The molecule has 1 aromatic carbocycles. The van der Waals surface area contributed by atoms with Gasteiger partial charge in [0.2, 0.25) is 0 Å². The number of carbonyl (C=O) groups excluding carboxylic acids is 1. The first-order valence-corrected chi connectivity index (χ1v) is 8.49. The Balaban J connectivity index is 1.74. The predicted molar refractivity (Wildman–Crippen MR) is 96.4 cm³/mol. The van der Waals surface area contributed by atoms with Gasteiger partial charge < -0.3 is 9.72 Å². The number of ketones is 1. The highest BCUT2D eigenvalue weighted by molar-refractivity contribution is 5.94. The van der Waals surface area contributed by atoms with Crippen LogP contribution in [0.15, 0.2) is 53.6 Å². The third-order valence-electron chi connectivity index (χ3n) is 3.98. The molecule has 3 aromatic rings. The van der Waals surface area contributed by atoms with E-state index in [2.05, 4.69) is 24.7 Å². The van der Waals surface area contributed by atoms with Gasteiger partial charge in [-0.3, -0.25) is 9.59 Å². The number of nitrogens with one attached hydrogen (secondary N) is 1. The second-order valence-electron chi connectivity index (χ2n) is 6.20. The number of Topliss-reactive ketones (excluding diaryl/α,β-unsaturated/α-hetero) is 1. The van der Waals surface area contributed by atoms with Crippen molar-refractivity contribution in [1.82, 2.24) is 19.9 Å². The fourth-order valence-corrected chi connectivity index (χ4v) is 2.63. The number of aromatic nitrogens is 4. The van der Waals surface area contributed by atoms with Crippen LogP contribution >= 0.6 is 0 Å². The van der Waals surface area contributed by atoms with Crippen LogP contribution < -0.4 is 10.3 Å². The Hall–Kier alpha value is -3.56. The van der Waals surface area contributed by atoms with E-state index in [0.29, 0.717) is 5.56 Å². The molecule has 0 spiro atoms. The van der Waals surface area contributed by atoms with Gasteiger partial charge in [0.25, 0.3) is 5.56 Å². The fourth-order valence-electron chi connectivity index (χ4n) is 2.63. The number of hydrogen-bond donors (Lipinski definition) is 1. The molecule has 2 aromatic heterocycles. The summed E-state index contributed by atoms with van der Waals surface area (Å²) in [6, 6.07) is 7.95. The molecule has 1 atom stereocenters. The summed E-state index contributed by atoms with van der Waals surface area (Å²) in [6.07, 6.45) is -1.81. The number of carbonyl (C=O) groups is 1. The Morgan fingerprint density at radius 3 is 2.45 bits per heavy atom. The Labute approximate surface area is 162 Å². The summed E-state index contributed by atoms with van der Waals surface area (Å²) < 4.78 is 40.5. The van der Waals surface area contributed by atoms with Gasteiger partial charge in [-0.1, -0.05) is 19.1 Å². The molecule has 2 heterocycles. The Morgan fingerprint density at radius 2 is 1.83 bits per heavy atom. The van der Waals surface area contributed by atoms with Crippen molar-refractivity contribution in [1.29, 1.82) is 0 Å². The van der Waals surface area contributed by atoms with E-state index in [4.69, 9.17) is 0 Å². The fraction of sp³-hybridized carbons (Fsp3) is 0.211. The van der Waals surface area contributed by atoms with Gasteiger partial charge in [-0.15, -0.1) is 13.2 Å². The van der Waals surface area contributed by atoms with Crippen LogP contribution in [0.1, 0.15) is 35.3 Å². The first-order chi connectivity index (χ1) is 13.7. The van der Waals surface area contributed by atoms with Crippen molar-refractivity contribution in [3.05, 3.63) is 70.4 Å². The molecular formula is C19H15F3N4O3. The number of rotatable bonds is 6. The average molecular weight is 404 g/mol. The highest BCUT2D eigenvalue weighted by Crippen LogP contribution is 2.26. The first kappa shape index (κ1) is 20.2. The smallest absolute Gasteiger partial charge is 0.406 e. The summed E-state index contributed by atoms with van der Waals surface area (Å²) in [5.41, 5.74) is 0.0801. The number of benzene rings is 1. The molecule has 0 fully saturated rings. The van der Waals surface area contributed by atoms with Crippen molar-refractivity contribution in [2.24, 2.45) is 0 Å². The van der Waals surface area contributed by atoms with Crippen molar-refractivity contribution < 1.29 is 22.7 Å². The molecule has 150 valence electrons. The van der Waals surface area contributed by atoms with Gasteiger partial charge >= 0.3 is 6.36 Å². The number of ether oxygens (including phenoxy) is 1. The topological polar surface area (TPSA) is 97.8 Å². The number of halogens is 3. The molecule has 0 bridgehead atoms. The van der Waals surface area contributed by atoms with Crippen LogP contribution in [-0.2, 0) is 0 Å². The van der Waals surface area contributed by atoms with E-state index < -0.39 is 17.7 Å². The van der Waals surface area contributed by atoms with E-state index >= 15 is 0 Å². The minimum atomic E-state index is -4.77. The van der Waals surface area contributed by atoms with Crippen molar-refractivity contribution in [2.75, 3.05) is 0 Å². The van der Waals surface area contributed by atoms with Crippen LogP contribution in [0.2, 0.25) is 0 Å². The van der Waals surface area contributed by atoms with E-state index in [0.717, 1.165) is 6.07 Å². The molecule has 0 saturated carbocycles. The summed E-state index contributed by atoms with van der Waals surface area (Å²) in [6.45, 7) is 1.74. The van der Waals surface area contributed by atoms with Crippen LogP contribution in [-0.4, -0.2) is 32.1 Å². The average Bonchev–Trinajstić information content (AvgIpc) is 2.67. The van der Waals surface area contributed by atoms with Crippen molar-refractivity contribution in [2.45, 2.75) is 25.6 Å². The van der Waals surface area contributed by atoms with E-state index in [1.54, 1.807) is 13.0 Å². The quantitative estimate of drug-likeness (QED) is 0.632. The molecule has 29 heavy (non-hydrogen) atoms. The van der Waals surface area contributed by atoms with Crippen LogP contribution in [0.25, 0.3) is 11.6 Å². The van der Waals surface area contributed by atoms with Crippen LogP contribution in [0.4, 0.5) is 13.2 Å². The van der Waals surface area contributed by atoms with Crippen molar-refractivity contribution in [3.63, 3.8) is 0 Å². The van der Waals surface area contributed by atoms with Crippen LogP contribution in [0.3, 0.4) is 0 Å². The van der Waals surface area contributed by atoms with Gasteiger partial charge in [-0.2, -0.15) is 0 Å². The van der Waals surface area contributed by atoms with E-state index in [-0.39, 0.29) is 35.4 Å². The third kappa shape index (κ3) is 5.47. The highest BCUT2D eigenvalue weighted by atomic mass is 19.4. The molecule has 1 N–H and O–H groups in total. The maximum atomic E-state index is 12.6. The number of nitrogens with zero attached hydrogens (tertiary/aromatic N) is 3. The monoisotopic (exact) mass is 404 g/mol. The zero-order valence-electron chi connectivity index (χ0n) is 15.1. The second kappa shape index (κ2) is 8.21. The largest absolute Gasteiger partial charge is 0.573 e. The van der Waals surface area contributed by atoms with Gasteiger partial charge in [-0.05, 0) is 29.7 Å². The van der Waals surface area contributed by atoms with Crippen LogP contribution in [0, 0.1) is 0 Å². The predicted octanol–water partition coefficient (Wildman–Crippen LogP) is 3.50. The summed E-state index contributed by atoms with van der Waals surface area (Å²) >= 11 is 0. The minimum Gasteiger partial charge on any atom is -0.406 e. The zero-order valence-corrected chi connectivity index (χ0v) is 15.1. The van der Waals surface area contributed by atoms with Gasteiger partial charge in [0.15, 0.2) is 17.4 Å². The highest BCUT2D eigenvalue weighted by Gasteiger charge is 2.31. The molecule has 0 unspecified atom stereocenters. The van der Waals surface area contributed by atoms with Crippen molar-refractivity contribution >= 4 is 5.78 Å². The van der Waals surface area contributed by atoms with Gasteiger partial charge in [0, 0.05) is 24.9 Å². The summed E-state index contributed by atoms with van der Waals surface area (Å²) in [5.74, 6) is -0.810. The van der Waals surface area contributed by atoms with E-state index in [1.807, 2.05) is 0 Å². The van der Waals surface area contributed by atoms with Gasteiger partial charge in [0.05, 0.1) is 0 Å².